The first-order valence-corrected chi connectivity index (χ1v) is 3.26. The quantitative estimate of drug-likeness (QED) is 0.333. The molecule has 1 rings (SSSR count). The minimum Gasteiger partial charge on any atom is -0.497 e. The molecule has 0 radical (unpaired) electrons. The molecule has 0 aromatic carbocycles. The van der Waals surface area contributed by atoms with Crippen molar-refractivity contribution in [2.75, 3.05) is 7.11 Å². The van der Waals surface area contributed by atoms with E-state index in [1.54, 1.807) is 0 Å². The standard InChI is InChI=1S/C7H12N2O2/c1-4(10-2)5(3-8)6-7(9)11-6/h3,6-7H,1,8-9H2,2H3/b5-3+. The number of hydrogen-bond acceptors (Lipinski definition) is 4. The molecule has 0 amide bonds. The van der Waals surface area contributed by atoms with E-state index in [1.807, 2.05) is 0 Å². The van der Waals surface area contributed by atoms with Gasteiger partial charge in [-0.25, -0.2) is 0 Å². The molecule has 4 heteroatoms. The van der Waals surface area contributed by atoms with Crippen LogP contribution in [0.15, 0.2) is 24.1 Å². The van der Waals surface area contributed by atoms with Crippen molar-refractivity contribution in [3.05, 3.63) is 24.1 Å². The van der Waals surface area contributed by atoms with Gasteiger partial charge in [0.05, 0.1) is 7.11 Å². The number of ether oxygens (including phenoxy) is 2. The maximum Gasteiger partial charge on any atom is 0.137 e. The molecule has 1 aliphatic heterocycles. The molecule has 0 saturated carbocycles. The van der Waals surface area contributed by atoms with Gasteiger partial charge < -0.3 is 20.9 Å². The molecule has 0 aliphatic carbocycles. The Labute approximate surface area is 65.5 Å². The molecule has 1 heterocycles. The van der Waals surface area contributed by atoms with E-state index in [1.165, 1.54) is 13.3 Å². The summed E-state index contributed by atoms with van der Waals surface area (Å²) in [6.07, 6.45) is 1.02. The number of nitrogens with two attached hydrogens (primary N) is 2. The van der Waals surface area contributed by atoms with Crippen LogP contribution in [0.3, 0.4) is 0 Å². The normalized spacial score (nSPS) is 29.8. The third kappa shape index (κ3) is 1.53. The van der Waals surface area contributed by atoms with Crippen LogP contribution in [-0.2, 0) is 9.47 Å². The zero-order chi connectivity index (χ0) is 8.43. The van der Waals surface area contributed by atoms with Crippen molar-refractivity contribution in [3.63, 3.8) is 0 Å². The van der Waals surface area contributed by atoms with Gasteiger partial charge in [0.15, 0.2) is 0 Å². The Balaban J connectivity index is 2.59. The molecule has 4 N–H and O–H groups in total. The van der Waals surface area contributed by atoms with Crippen LogP contribution in [0.4, 0.5) is 0 Å². The first-order valence-electron chi connectivity index (χ1n) is 3.26. The first kappa shape index (κ1) is 8.10. The number of hydrogen-bond donors (Lipinski definition) is 2. The fourth-order valence-electron chi connectivity index (χ4n) is 0.839. The topological polar surface area (TPSA) is 73.8 Å². The molecule has 11 heavy (non-hydrogen) atoms. The zero-order valence-electron chi connectivity index (χ0n) is 6.41. The van der Waals surface area contributed by atoms with E-state index in [9.17, 15) is 0 Å². The molecule has 2 unspecified atom stereocenters. The Morgan fingerprint density at radius 2 is 2.27 bits per heavy atom. The molecule has 0 bridgehead atoms. The minimum absolute atomic E-state index is 0.132. The SMILES string of the molecule is C=C(OC)/C(=C\N)C1OC1N. The summed E-state index contributed by atoms with van der Waals surface area (Å²) in [5.74, 6) is 0.505. The van der Waals surface area contributed by atoms with E-state index >= 15 is 0 Å². The van der Waals surface area contributed by atoms with Gasteiger partial charge in [-0.1, -0.05) is 6.58 Å². The third-order valence-electron chi connectivity index (χ3n) is 1.58. The molecule has 62 valence electrons. The van der Waals surface area contributed by atoms with Crippen LogP contribution in [0.2, 0.25) is 0 Å². The van der Waals surface area contributed by atoms with E-state index in [0.29, 0.717) is 5.76 Å². The van der Waals surface area contributed by atoms with Gasteiger partial charge >= 0.3 is 0 Å². The van der Waals surface area contributed by atoms with Crippen molar-refractivity contribution in [1.29, 1.82) is 0 Å². The second-order valence-corrected chi connectivity index (χ2v) is 2.27. The predicted octanol–water partition coefficient (Wildman–Crippen LogP) is -0.327. The van der Waals surface area contributed by atoms with Crippen molar-refractivity contribution in [3.8, 4) is 0 Å². The van der Waals surface area contributed by atoms with Gasteiger partial charge in [0.2, 0.25) is 0 Å². The fraction of sp³-hybridized carbons (Fsp3) is 0.429. The lowest BCUT2D eigenvalue weighted by Crippen LogP contribution is -2.10. The van der Waals surface area contributed by atoms with Crippen molar-refractivity contribution < 1.29 is 9.47 Å². The van der Waals surface area contributed by atoms with E-state index in [4.69, 9.17) is 20.9 Å². The molecule has 2 atom stereocenters. The fourth-order valence-corrected chi connectivity index (χ4v) is 0.839. The largest absolute Gasteiger partial charge is 0.497 e. The molecular formula is C7H12N2O2. The van der Waals surface area contributed by atoms with Gasteiger partial charge in [0.25, 0.3) is 0 Å². The summed E-state index contributed by atoms with van der Waals surface area (Å²) in [6.45, 7) is 3.63. The zero-order valence-corrected chi connectivity index (χ0v) is 6.41. The van der Waals surface area contributed by atoms with E-state index in [0.717, 1.165) is 5.57 Å². The smallest absolute Gasteiger partial charge is 0.137 e. The van der Waals surface area contributed by atoms with Crippen LogP contribution in [0.1, 0.15) is 0 Å². The summed E-state index contributed by atoms with van der Waals surface area (Å²) < 4.78 is 9.86. The molecule has 1 aliphatic rings. The van der Waals surface area contributed by atoms with Crippen LogP contribution in [0, 0.1) is 0 Å². The summed E-state index contributed by atoms with van der Waals surface area (Å²) in [5.41, 5.74) is 11.5. The maximum absolute atomic E-state index is 5.42. The maximum atomic E-state index is 5.42. The lowest BCUT2D eigenvalue weighted by molar-refractivity contribution is 0.293. The number of rotatable bonds is 3. The van der Waals surface area contributed by atoms with Crippen molar-refractivity contribution in [2.45, 2.75) is 12.3 Å². The Hall–Kier alpha value is -1.00. The predicted molar refractivity (Wildman–Crippen MR) is 41.3 cm³/mol. The molecule has 1 fully saturated rings. The van der Waals surface area contributed by atoms with Gasteiger partial charge in [-0.05, 0) is 0 Å². The second-order valence-electron chi connectivity index (χ2n) is 2.27. The molecule has 4 nitrogen and oxygen atoms in total. The third-order valence-corrected chi connectivity index (χ3v) is 1.58. The summed E-state index contributed by atoms with van der Waals surface area (Å²) >= 11 is 0. The Bertz CT molecular complexity index is 201. The van der Waals surface area contributed by atoms with Gasteiger partial charge in [-0.2, -0.15) is 0 Å². The lowest BCUT2D eigenvalue weighted by Gasteiger charge is -2.04. The lowest BCUT2D eigenvalue weighted by atomic mass is 10.2. The van der Waals surface area contributed by atoms with Crippen LogP contribution in [0.25, 0.3) is 0 Å². The van der Waals surface area contributed by atoms with Crippen LogP contribution < -0.4 is 11.5 Å². The van der Waals surface area contributed by atoms with Crippen LogP contribution in [0.5, 0.6) is 0 Å². The molecule has 1 saturated heterocycles. The number of epoxide rings is 1. The van der Waals surface area contributed by atoms with Crippen molar-refractivity contribution in [1.82, 2.24) is 0 Å². The average molecular weight is 156 g/mol. The summed E-state index contributed by atoms with van der Waals surface area (Å²) in [7, 11) is 1.53. The highest BCUT2D eigenvalue weighted by atomic mass is 16.6. The van der Waals surface area contributed by atoms with Gasteiger partial charge in [-0.3, -0.25) is 0 Å². The van der Waals surface area contributed by atoms with Crippen molar-refractivity contribution >= 4 is 0 Å². The van der Waals surface area contributed by atoms with Crippen molar-refractivity contribution in [2.24, 2.45) is 11.5 Å². The van der Waals surface area contributed by atoms with Crippen LogP contribution in [-0.4, -0.2) is 19.4 Å². The van der Waals surface area contributed by atoms with E-state index in [-0.39, 0.29) is 12.3 Å². The van der Waals surface area contributed by atoms with E-state index in [2.05, 4.69) is 6.58 Å². The number of methoxy groups -OCH3 is 1. The Morgan fingerprint density at radius 3 is 2.55 bits per heavy atom. The summed E-state index contributed by atoms with van der Waals surface area (Å²) in [4.78, 5) is 0. The highest BCUT2D eigenvalue weighted by molar-refractivity contribution is 5.30. The second kappa shape index (κ2) is 2.94. The summed E-state index contributed by atoms with van der Waals surface area (Å²) in [6, 6.07) is 0. The average Bonchev–Trinajstić information content (AvgIpc) is 2.68. The van der Waals surface area contributed by atoms with Gasteiger partial charge in [0.1, 0.15) is 18.1 Å². The highest BCUT2D eigenvalue weighted by Gasteiger charge is 2.39. The van der Waals surface area contributed by atoms with Gasteiger partial charge in [0, 0.05) is 11.8 Å². The van der Waals surface area contributed by atoms with Crippen LogP contribution >= 0.6 is 0 Å². The minimum atomic E-state index is -0.253. The Morgan fingerprint density at radius 1 is 1.73 bits per heavy atom. The monoisotopic (exact) mass is 156 g/mol. The van der Waals surface area contributed by atoms with Gasteiger partial charge in [-0.15, -0.1) is 0 Å². The molecule has 0 aromatic heterocycles. The first-order chi connectivity index (χ1) is 5.20. The molecule has 0 spiro atoms. The van der Waals surface area contributed by atoms with E-state index < -0.39 is 0 Å². The molecular weight excluding hydrogens is 144 g/mol. The Kier molecular flexibility index (Phi) is 2.16. The molecule has 0 aromatic rings. The summed E-state index contributed by atoms with van der Waals surface area (Å²) in [5, 5.41) is 0. The highest BCUT2D eigenvalue weighted by Crippen LogP contribution is 2.28.